The van der Waals surface area contributed by atoms with E-state index in [1.165, 1.54) is 12.8 Å². The molecular formula is C20H21ClN4O2. The van der Waals surface area contributed by atoms with Crippen LogP contribution in [-0.2, 0) is 11.8 Å². The van der Waals surface area contributed by atoms with Crippen molar-refractivity contribution >= 4 is 40.2 Å². The summed E-state index contributed by atoms with van der Waals surface area (Å²) < 4.78 is 7.57. The van der Waals surface area contributed by atoms with Crippen molar-refractivity contribution < 1.29 is 9.53 Å². The lowest BCUT2D eigenvalue weighted by molar-refractivity contribution is -0.118. The van der Waals surface area contributed by atoms with Gasteiger partial charge in [0.2, 0.25) is 5.95 Å². The molecule has 1 N–H and O–H groups in total. The number of hydrogen-bond acceptors (Lipinski definition) is 4. The van der Waals surface area contributed by atoms with E-state index in [1.807, 2.05) is 25.2 Å². The van der Waals surface area contributed by atoms with E-state index in [1.54, 1.807) is 24.3 Å². The van der Waals surface area contributed by atoms with Gasteiger partial charge in [-0.2, -0.15) is 0 Å². The quantitative estimate of drug-likeness (QED) is 0.726. The highest BCUT2D eigenvalue weighted by molar-refractivity contribution is 6.30. The average Bonchev–Trinajstić information content (AvgIpc) is 3.30. The number of carbonyl (C=O) groups is 1. The van der Waals surface area contributed by atoms with Gasteiger partial charge < -0.3 is 19.5 Å². The first kappa shape index (κ1) is 17.7. The molecule has 0 spiro atoms. The Labute approximate surface area is 162 Å². The number of amides is 1. The molecule has 1 aromatic heterocycles. The van der Waals surface area contributed by atoms with Gasteiger partial charge >= 0.3 is 0 Å². The summed E-state index contributed by atoms with van der Waals surface area (Å²) in [5, 5.41) is 3.51. The van der Waals surface area contributed by atoms with Gasteiger partial charge in [0.25, 0.3) is 5.91 Å². The highest BCUT2D eigenvalue weighted by Crippen LogP contribution is 2.26. The molecule has 1 aliphatic rings. The number of aromatic nitrogens is 2. The van der Waals surface area contributed by atoms with Gasteiger partial charge in [-0.1, -0.05) is 11.6 Å². The van der Waals surface area contributed by atoms with E-state index < -0.39 is 0 Å². The molecule has 1 amide bonds. The summed E-state index contributed by atoms with van der Waals surface area (Å²) in [6.45, 7) is 2.02. The van der Waals surface area contributed by atoms with Gasteiger partial charge in [-0.25, -0.2) is 4.98 Å². The predicted molar refractivity (Wildman–Crippen MR) is 108 cm³/mol. The Bertz CT molecular complexity index is 962. The highest BCUT2D eigenvalue weighted by Gasteiger charge is 2.18. The number of nitrogens with one attached hydrogen (secondary N) is 1. The lowest BCUT2D eigenvalue weighted by Gasteiger charge is -2.16. The van der Waals surface area contributed by atoms with Crippen molar-refractivity contribution in [3.8, 4) is 5.75 Å². The number of hydrogen-bond donors (Lipinski definition) is 1. The second kappa shape index (κ2) is 7.48. The van der Waals surface area contributed by atoms with Gasteiger partial charge in [0.1, 0.15) is 5.75 Å². The third-order valence-corrected chi connectivity index (χ3v) is 4.97. The maximum absolute atomic E-state index is 12.2. The Morgan fingerprint density at radius 2 is 1.93 bits per heavy atom. The molecule has 0 bridgehead atoms. The minimum atomic E-state index is -0.216. The van der Waals surface area contributed by atoms with Gasteiger partial charge in [0.05, 0.1) is 11.0 Å². The Hall–Kier alpha value is -2.73. The first-order valence-electron chi connectivity index (χ1n) is 9.00. The van der Waals surface area contributed by atoms with Crippen LogP contribution in [0.2, 0.25) is 5.02 Å². The number of rotatable bonds is 5. The van der Waals surface area contributed by atoms with Crippen LogP contribution in [0, 0.1) is 0 Å². The third-order valence-electron chi connectivity index (χ3n) is 4.71. The van der Waals surface area contributed by atoms with Crippen molar-refractivity contribution in [1.29, 1.82) is 0 Å². The van der Waals surface area contributed by atoms with Crippen LogP contribution >= 0.6 is 11.6 Å². The number of nitrogens with zero attached hydrogens (tertiary/aromatic N) is 3. The fraction of sp³-hybridized carbons (Fsp3) is 0.300. The third kappa shape index (κ3) is 3.85. The summed E-state index contributed by atoms with van der Waals surface area (Å²) in [5.41, 5.74) is 2.64. The summed E-state index contributed by atoms with van der Waals surface area (Å²) in [6, 6.07) is 12.7. The van der Waals surface area contributed by atoms with Gasteiger partial charge in [-0.05, 0) is 55.3 Å². The summed E-state index contributed by atoms with van der Waals surface area (Å²) >= 11 is 5.84. The van der Waals surface area contributed by atoms with Crippen LogP contribution in [0.4, 0.5) is 11.6 Å². The second-order valence-corrected chi connectivity index (χ2v) is 7.10. The molecule has 3 aromatic rings. The first-order chi connectivity index (χ1) is 13.1. The fourth-order valence-electron chi connectivity index (χ4n) is 3.33. The molecule has 4 rings (SSSR count). The van der Waals surface area contributed by atoms with E-state index in [4.69, 9.17) is 21.3 Å². The monoisotopic (exact) mass is 384 g/mol. The van der Waals surface area contributed by atoms with Crippen LogP contribution < -0.4 is 15.0 Å². The number of halogens is 1. The van der Waals surface area contributed by atoms with Crippen molar-refractivity contribution in [3.63, 3.8) is 0 Å². The number of imidazole rings is 1. The molecule has 140 valence electrons. The summed E-state index contributed by atoms with van der Waals surface area (Å²) in [4.78, 5) is 19.2. The smallest absolute Gasteiger partial charge is 0.262 e. The molecule has 0 atom stereocenters. The minimum Gasteiger partial charge on any atom is -0.484 e. The lowest BCUT2D eigenvalue weighted by atomic mass is 10.2. The number of benzene rings is 2. The van der Waals surface area contributed by atoms with E-state index in [-0.39, 0.29) is 12.5 Å². The molecule has 1 aliphatic heterocycles. The molecular weight excluding hydrogens is 364 g/mol. The van der Waals surface area contributed by atoms with Crippen molar-refractivity contribution in [2.75, 3.05) is 29.9 Å². The fourth-order valence-corrected chi connectivity index (χ4v) is 3.46. The van der Waals surface area contributed by atoms with Crippen molar-refractivity contribution in [3.05, 3.63) is 47.5 Å². The molecule has 2 heterocycles. The zero-order chi connectivity index (χ0) is 18.8. The Morgan fingerprint density at radius 3 is 2.67 bits per heavy atom. The van der Waals surface area contributed by atoms with Crippen molar-refractivity contribution in [2.45, 2.75) is 12.8 Å². The first-order valence-corrected chi connectivity index (χ1v) is 9.37. The van der Waals surface area contributed by atoms with Crippen LogP contribution in [0.3, 0.4) is 0 Å². The van der Waals surface area contributed by atoms with E-state index in [0.29, 0.717) is 10.8 Å². The maximum Gasteiger partial charge on any atom is 0.262 e. The molecule has 1 fully saturated rings. The molecule has 0 aliphatic carbocycles. The second-order valence-electron chi connectivity index (χ2n) is 6.66. The van der Waals surface area contributed by atoms with Gasteiger partial charge in [-0.15, -0.1) is 0 Å². The van der Waals surface area contributed by atoms with E-state index in [0.717, 1.165) is 35.8 Å². The van der Waals surface area contributed by atoms with Crippen LogP contribution in [-0.4, -0.2) is 35.2 Å². The van der Waals surface area contributed by atoms with E-state index >= 15 is 0 Å². The summed E-state index contributed by atoms with van der Waals surface area (Å²) in [7, 11) is 2.01. The summed E-state index contributed by atoms with van der Waals surface area (Å²) in [5.74, 6) is 1.37. The molecule has 2 aromatic carbocycles. The van der Waals surface area contributed by atoms with E-state index in [2.05, 4.69) is 14.8 Å². The Morgan fingerprint density at radius 1 is 1.19 bits per heavy atom. The zero-order valence-electron chi connectivity index (χ0n) is 15.1. The molecule has 0 saturated carbocycles. The zero-order valence-corrected chi connectivity index (χ0v) is 15.9. The predicted octanol–water partition coefficient (Wildman–Crippen LogP) is 3.84. The molecule has 27 heavy (non-hydrogen) atoms. The van der Waals surface area contributed by atoms with E-state index in [9.17, 15) is 4.79 Å². The molecule has 0 radical (unpaired) electrons. The van der Waals surface area contributed by atoms with Crippen LogP contribution in [0.5, 0.6) is 5.75 Å². The molecule has 0 unspecified atom stereocenters. The van der Waals surface area contributed by atoms with Gasteiger partial charge in [-0.3, -0.25) is 4.79 Å². The molecule has 6 nitrogen and oxygen atoms in total. The average molecular weight is 385 g/mol. The number of anilines is 2. The van der Waals surface area contributed by atoms with Crippen LogP contribution in [0.25, 0.3) is 11.0 Å². The SMILES string of the molecule is Cn1c(N2CCCC2)nc2ccc(NC(=O)COc3ccc(Cl)cc3)cc21. The number of ether oxygens (including phenoxy) is 1. The maximum atomic E-state index is 12.2. The largest absolute Gasteiger partial charge is 0.484 e. The number of carbonyl (C=O) groups excluding carboxylic acids is 1. The number of fused-ring (bicyclic) bond motifs is 1. The standard InChI is InChI=1S/C20H21ClN4O2/c1-24-18-12-15(6-9-17(18)23-20(24)25-10-2-3-11-25)22-19(26)13-27-16-7-4-14(21)5-8-16/h4-9,12H,2-3,10-11,13H2,1H3,(H,22,26). The van der Waals surface area contributed by atoms with Crippen molar-refractivity contribution in [1.82, 2.24) is 9.55 Å². The molecule has 7 heteroatoms. The van der Waals surface area contributed by atoms with Crippen LogP contribution in [0.1, 0.15) is 12.8 Å². The molecule has 1 saturated heterocycles. The highest BCUT2D eigenvalue weighted by atomic mass is 35.5. The Kier molecular flexibility index (Phi) is 4.90. The Balaban J connectivity index is 1.44. The minimum absolute atomic E-state index is 0.0654. The lowest BCUT2D eigenvalue weighted by Crippen LogP contribution is -2.21. The topological polar surface area (TPSA) is 59.4 Å². The van der Waals surface area contributed by atoms with Gasteiger partial charge in [0, 0.05) is 30.8 Å². The van der Waals surface area contributed by atoms with Crippen LogP contribution in [0.15, 0.2) is 42.5 Å². The number of aryl methyl sites for hydroxylation is 1. The normalized spacial score (nSPS) is 13.9. The summed E-state index contributed by atoms with van der Waals surface area (Å²) in [6.07, 6.45) is 2.41. The van der Waals surface area contributed by atoms with Crippen molar-refractivity contribution in [2.24, 2.45) is 7.05 Å². The van der Waals surface area contributed by atoms with Gasteiger partial charge in [0.15, 0.2) is 6.61 Å².